The minimum atomic E-state index is -2.08. The second kappa shape index (κ2) is 5.74. The zero-order valence-corrected chi connectivity index (χ0v) is 12.6. The van der Waals surface area contributed by atoms with Crippen molar-refractivity contribution >= 4 is 81.2 Å². The van der Waals surface area contributed by atoms with E-state index in [1.54, 1.807) is 0 Å². The zero-order chi connectivity index (χ0) is 13.3. The van der Waals surface area contributed by atoms with E-state index >= 15 is 0 Å². The van der Waals surface area contributed by atoms with Gasteiger partial charge in [0.2, 0.25) is 5.28 Å². The largest absolute Gasteiger partial charge is 0.412 e. The number of rotatable bonds is 2. The Morgan fingerprint density at radius 1 is 0.706 bits per heavy atom. The highest BCUT2D eigenvalue weighted by atomic mass is 35.6. The number of halogens is 7. The average Bonchev–Trinajstić information content (AvgIpc) is 1.93. The number of nitrogens with zero attached hydrogens (tertiary/aromatic N) is 3. The number of hydrogen-bond donors (Lipinski definition) is 0. The molecule has 17 heavy (non-hydrogen) atoms. The summed E-state index contributed by atoms with van der Waals surface area (Å²) in [5.41, 5.74) is 0. The number of hydrogen-bond acceptors (Lipinski definition) is 5. The molecule has 0 aromatic carbocycles. The van der Waals surface area contributed by atoms with E-state index in [4.69, 9.17) is 81.2 Å². The van der Waals surface area contributed by atoms with Crippen molar-refractivity contribution in [3.63, 3.8) is 0 Å². The van der Waals surface area contributed by atoms with E-state index in [-0.39, 0.29) is 5.28 Å². The van der Waals surface area contributed by atoms with Gasteiger partial charge >= 0.3 is 20.0 Å². The first-order valence-corrected chi connectivity index (χ1v) is 6.13. The first-order chi connectivity index (χ1) is 7.55. The van der Waals surface area contributed by atoms with Crippen LogP contribution in [0, 0.1) is 0 Å². The Kier molecular flexibility index (Phi) is 5.30. The first-order valence-electron chi connectivity index (χ1n) is 3.48. The van der Waals surface area contributed by atoms with Crippen LogP contribution in [0.5, 0.6) is 12.0 Å². The van der Waals surface area contributed by atoms with Gasteiger partial charge in [-0.1, -0.05) is 0 Å². The molecule has 0 bridgehead atoms. The lowest BCUT2D eigenvalue weighted by Gasteiger charge is -2.14. The molecule has 0 spiro atoms. The van der Waals surface area contributed by atoms with Crippen LogP contribution in [-0.2, 0) is 0 Å². The van der Waals surface area contributed by atoms with E-state index in [0.29, 0.717) is 0 Å². The molecule has 1 aromatic rings. The Bertz CT molecular complexity index is 369. The van der Waals surface area contributed by atoms with Gasteiger partial charge < -0.3 is 9.47 Å². The zero-order valence-electron chi connectivity index (χ0n) is 7.30. The van der Waals surface area contributed by atoms with E-state index in [2.05, 4.69) is 24.4 Å². The van der Waals surface area contributed by atoms with Gasteiger partial charge in [-0.05, 0) is 81.2 Å². The summed E-state index contributed by atoms with van der Waals surface area (Å²) in [7, 11) is 0. The normalized spacial score (nSPS) is 12.4. The van der Waals surface area contributed by atoms with Gasteiger partial charge in [-0.3, -0.25) is 0 Å². The molecule has 0 aliphatic rings. The molecule has 0 fully saturated rings. The molecule has 5 nitrogen and oxygen atoms in total. The van der Waals surface area contributed by atoms with Gasteiger partial charge in [0.1, 0.15) is 0 Å². The van der Waals surface area contributed by atoms with Gasteiger partial charge in [0.05, 0.1) is 0 Å². The fourth-order valence-corrected chi connectivity index (χ4v) is 1.17. The molecule has 96 valence electrons. The molecule has 0 N–H and O–H groups in total. The Balaban J connectivity index is 2.95. The third-order valence-corrected chi connectivity index (χ3v) is 1.61. The summed E-state index contributed by atoms with van der Waals surface area (Å²) in [6.45, 7) is 0. The van der Waals surface area contributed by atoms with E-state index in [1.165, 1.54) is 0 Å². The standard InChI is InChI=1S/C5Cl7N3O2/c6-1-13-2(16-4(7,8)9)15-3(14-1)17-5(10,11)12. The first kappa shape index (κ1) is 15.7. The van der Waals surface area contributed by atoms with Crippen LogP contribution in [0.15, 0.2) is 0 Å². The maximum atomic E-state index is 5.53. The van der Waals surface area contributed by atoms with Crippen LogP contribution in [0.2, 0.25) is 5.28 Å². The van der Waals surface area contributed by atoms with Gasteiger partial charge in [-0.2, -0.15) is 9.97 Å². The quantitative estimate of drug-likeness (QED) is 0.726. The molecule has 12 heteroatoms. The summed E-state index contributed by atoms with van der Waals surface area (Å²) in [6, 6.07) is -0.816. The maximum absolute atomic E-state index is 5.53. The van der Waals surface area contributed by atoms with Crippen molar-refractivity contribution in [3.8, 4) is 12.0 Å². The SMILES string of the molecule is Clc1nc(OC(Cl)(Cl)Cl)nc(OC(Cl)(Cl)Cl)n1. The van der Waals surface area contributed by atoms with Crippen molar-refractivity contribution in [2.75, 3.05) is 0 Å². The summed E-state index contributed by atoms with van der Waals surface area (Å²) in [5.74, 6) is 0. The van der Waals surface area contributed by atoms with Crippen LogP contribution in [0.4, 0.5) is 0 Å². The summed E-state index contributed by atoms with van der Waals surface area (Å²) in [5, 5.41) is -0.298. The molecule has 0 saturated heterocycles. The highest BCUT2D eigenvalue weighted by Crippen LogP contribution is 2.31. The second-order valence-corrected chi connectivity index (χ2v) is 6.96. The van der Waals surface area contributed by atoms with Crippen molar-refractivity contribution < 1.29 is 9.47 Å². The minimum absolute atomic E-state index is 0.298. The van der Waals surface area contributed by atoms with Gasteiger partial charge in [0.25, 0.3) is 0 Å². The Morgan fingerprint density at radius 2 is 1.06 bits per heavy atom. The Labute approximate surface area is 130 Å². The Hall–Kier alpha value is 0.640. The van der Waals surface area contributed by atoms with Crippen LogP contribution >= 0.6 is 81.2 Å². The molecule has 0 atom stereocenters. The van der Waals surface area contributed by atoms with Crippen molar-refractivity contribution in [2.45, 2.75) is 7.96 Å². The summed E-state index contributed by atoms with van der Waals surface area (Å²) in [4.78, 5) is 10.6. The van der Waals surface area contributed by atoms with E-state index in [1.807, 2.05) is 0 Å². The second-order valence-electron chi connectivity index (χ2n) is 2.27. The predicted molar refractivity (Wildman–Crippen MR) is 66.7 cm³/mol. The van der Waals surface area contributed by atoms with Crippen LogP contribution < -0.4 is 9.47 Å². The van der Waals surface area contributed by atoms with Crippen LogP contribution in [-0.4, -0.2) is 22.9 Å². The molecule has 1 aromatic heterocycles. The smallest absolute Gasteiger partial charge is 0.341 e. The highest BCUT2D eigenvalue weighted by molar-refractivity contribution is 6.66. The fourth-order valence-electron chi connectivity index (χ4n) is 0.613. The van der Waals surface area contributed by atoms with Crippen LogP contribution in [0.25, 0.3) is 0 Å². The highest BCUT2D eigenvalue weighted by Gasteiger charge is 2.27. The molecule has 0 radical (unpaired) electrons. The summed E-state index contributed by atoms with van der Waals surface area (Å²) in [6.07, 6.45) is 0. The number of ether oxygens (including phenoxy) is 2. The van der Waals surface area contributed by atoms with Crippen molar-refractivity contribution in [2.24, 2.45) is 0 Å². The monoisotopic (exact) mass is 379 g/mol. The van der Waals surface area contributed by atoms with Crippen LogP contribution in [0.3, 0.4) is 0 Å². The van der Waals surface area contributed by atoms with Crippen molar-refractivity contribution in [3.05, 3.63) is 5.28 Å². The topological polar surface area (TPSA) is 57.1 Å². The molecular weight excluding hydrogens is 382 g/mol. The molecule has 1 heterocycles. The lowest BCUT2D eigenvalue weighted by Crippen LogP contribution is -2.18. The van der Waals surface area contributed by atoms with Gasteiger partial charge in [-0.15, -0.1) is 4.98 Å². The fraction of sp³-hybridized carbons (Fsp3) is 0.400. The van der Waals surface area contributed by atoms with E-state index < -0.39 is 20.0 Å². The lowest BCUT2D eigenvalue weighted by molar-refractivity contribution is 0.261. The van der Waals surface area contributed by atoms with Gasteiger partial charge in [-0.25, -0.2) is 0 Å². The number of alkyl halides is 6. The molecule has 0 aliphatic heterocycles. The predicted octanol–water partition coefficient (Wildman–Crippen LogP) is 3.94. The third-order valence-electron chi connectivity index (χ3n) is 0.981. The molecular formula is C5Cl7N3O2. The Morgan fingerprint density at radius 3 is 1.35 bits per heavy atom. The van der Waals surface area contributed by atoms with Crippen molar-refractivity contribution in [1.82, 2.24) is 15.0 Å². The minimum Gasteiger partial charge on any atom is -0.412 e. The van der Waals surface area contributed by atoms with Gasteiger partial charge in [0.15, 0.2) is 0 Å². The lowest BCUT2D eigenvalue weighted by atomic mass is 10.9. The molecule has 0 unspecified atom stereocenters. The van der Waals surface area contributed by atoms with Crippen LogP contribution in [0.1, 0.15) is 0 Å². The third kappa shape index (κ3) is 6.96. The number of aromatic nitrogens is 3. The molecule has 1 rings (SSSR count). The average molecular weight is 382 g/mol. The summed E-state index contributed by atoms with van der Waals surface area (Å²) >= 11 is 37.6. The maximum Gasteiger partial charge on any atom is 0.341 e. The summed E-state index contributed by atoms with van der Waals surface area (Å²) < 4.78 is 5.19. The molecule has 0 aliphatic carbocycles. The van der Waals surface area contributed by atoms with E-state index in [0.717, 1.165) is 0 Å². The molecule has 0 saturated carbocycles. The molecule has 0 amide bonds. The van der Waals surface area contributed by atoms with Crippen molar-refractivity contribution in [1.29, 1.82) is 0 Å². The van der Waals surface area contributed by atoms with Gasteiger partial charge in [0, 0.05) is 0 Å². The van der Waals surface area contributed by atoms with E-state index in [9.17, 15) is 0 Å².